The summed E-state index contributed by atoms with van der Waals surface area (Å²) in [4.78, 5) is 15.0. The number of hydrogen-bond acceptors (Lipinski definition) is 3. The molecule has 4 nitrogen and oxygen atoms in total. The third-order valence-corrected chi connectivity index (χ3v) is 5.96. The monoisotopic (exact) mass is 381 g/mol. The molecule has 5 heteroatoms. The quantitative estimate of drug-likeness (QED) is 0.798. The van der Waals surface area contributed by atoms with Gasteiger partial charge in [0.2, 0.25) is 5.91 Å². The van der Waals surface area contributed by atoms with E-state index in [2.05, 4.69) is 27.7 Å². The molecule has 2 aliphatic rings. The molecular weight excluding hydrogens is 353 g/mol. The first-order valence-corrected chi connectivity index (χ1v) is 10.2. The maximum Gasteiger partial charge on any atom is 0.247 e. The highest BCUT2D eigenvalue weighted by Crippen LogP contribution is 2.21. The molecule has 0 unspecified atom stereocenters. The molecule has 0 spiro atoms. The average molecular weight is 381 g/mol. The summed E-state index contributed by atoms with van der Waals surface area (Å²) < 4.78 is 13.3. The Bertz CT molecular complexity index is 900. The first-order valence-electron chi connectivity index (χ1n) is 10.2. The molecule has 2 fully saturated rings. The number of hydrogen-bond donors (Lipinski definition) is 2. The molecule has 28 heavy (non-hydrogen) atoms. The lowest BCUT2D eigenvalue weighted by Crippen LogP contribution is -2.38. The fraction of sp³-hybridized carbons (Fsp3) is 0.435. The Hall–Kier alpha value is -2.24. The van der Waals surface area contributed by atoms with Crippen LogP contribution in [0.4, 0.5) is 4.39 Å². The highest BCUT2D eigenvalue weighted by atomic mass is 19.1. The van der Waals surface area contributed by atoms with Gasteiger partial charge < -0.3 is 10.6 Å². The number of piperidine rings is 1. The summed E-state index contributed by atoms with van der Waals surface area (Å²) in [5.41, 5.74) is 3.42. The predicted molar refractivity (Wildman–Crippen MR) is 111 cm³/mol. The Balaban J connectivity index is 1.34. The van der Waals surface area contributed by atoms with Gasteiger partial charge in [-0.25, -0.2) is 4.39 Å². The molecule has 1 atom stereocenters. The van der Waals surface area contributed by atoms with Crippen LogP contribution in [-0.4, -0.2) is 43.0 Å². The standard InChI is InChI=1S/C23H28FN3O/c1-16(18-6-9-25-10-7-18)23(28)26-22-8-11-27(15-22)14-17-2-3-20-13-21(24)5-4-19(20)12-17/h2-5,12-13,22,25H,6-11,14-15H2,1H3,(H,26,28)/t22-/m1/s1. The van der Waals surface area contributed by atoms with Gasteiger partial charge in [0.25, 0.3) is 0 Å². The van der Waals surface area contributed by atoms with Crippen molar-refractivity contribution in [2.24, 2.45) is 0 Å². The van der Waals surface area contributed by atoms with Gasteiger partial charge >= 0.3 is 0 Å². The molecule has 0 aromatic heterocycles. The Morgan fingerprint density at radius 2 is 1.93 bits per heavy atom. The van der Waals surface area contributed by atoms with Crippen LogP contribution in [-0.2, 0) is 11.3 Å². The summed E-state index contributed by atoms with van der Waals surface area (Å²) >= 11 is 0. The molecule has 2 aromatic rings. The normalized spacial score (nSPS) is 20.5. The fourth-order valence-electron chi connectivity index (χ4n) is 4.27. The minimum atomic E-state index is -0.201. The Labute approximate surface area is 165 Å². The van der Waals surface area contributed by atoms with Crippen LogP contribution in [0, 0.1) is 5.82 Å². The average Bonchev–Trinajstić information content (AvgIpc) is 3.14. The number of carbonyl (C=O) groups is 1. The zero-order valence-electron chi connectivity index (χ0n) is 16.4. The molecule has 2 aliphatic heterocycles. The Kier molecular flexibility index (Phi) is 5.74. The molecule has 0 saturated carbocycles. The summed E-state index contributed by atoms with van der Waals surface area (Å²) in [6, 6.07) is 11.3. The smallest absolute Gasteiger partial charge is 0.247 e. The van der Waals surface area contributed by atoms with Crippen molar-refractivity contribution < 1.29 is 9.18 Å². The van der Waals surface area contributed by atoms with Gasteiger partial charge in [-0.05, 0) is 73.8 Å². The van der Waals surface area contributed by atoms with Crippen molar-refractivity contribution in [3.8, 4) is 0 Å². The zero-order chi connectivity index (χ0) is 19.5. The number of likely N-dealkylation sites (tertiary alicyclic amines) is 1. The first kappa shape index (κ1) is 19.1. The van der Waals surface area contributed by atoms with E-state index >= 15 is 0 Å². The molecule has 2 saturated heterocycles. The van der Waals surface area contributed by atoms with Crippen molar-refractivity contribution in [3.63, 3.8) is 0 Å². The number of halogens is 1. The van der Waals surface area contributed by atoms with Crippen molar-refractivity contribution >= 4 is 16.7 Å². The topological polar surface area (TPSA) is 44.4 Å². The van der Waals surface area contributed by atoms with Crippen molar-refractivity contribution in [2.45, 2.75) is 38.8 Å². The van der Waals surface area contributed by atoms with Gasteiger partial charge in [0, 0.05) is 31.2 Å². The molecule has 0 aliphatic carbocycles. The predicted octanol–water partition coefficient (Wildman–Crippen LogP) is 3.37. The minimum absolute atomic E-state index is 0.0940. The first-order chi connectivity index (χ1) is 13.6. The highest BCUT2D eigenvalue weighted by molar-refractivity contribution is 5.93. The number of fused-ring (bicyclic) bond motifs is 1. The molecule has 2 heterocycles. The largest absolute Gasteiger partial charge is 0.348 e. The lowest BCUT2D eigenvalue weighted by atomic mass is 9.99. The number of rotatable bonds is 4. The van der Waals surface area contributed by atoms with E-state index in [0.717, 1.165) is 68.3 Å². The van der Waals surface area contributed by atoms with Crippen molar-refractivity contribution in [1.82, 2.24) is 15.5 Å². The molecule has 4 rings (SSSR count). The Morgan fingerprint density at radius 1 is 1.18 bits per heavy atom. The van der Waals surface area contributed by atoms with Crippen LogP contribution in [0.1, 0.15) is 31.7 Å². The second kappa shape index (κ2) is 8.41. The molecule has 148 valence electrons. The van der Waals surface area contributed by atoms with E-state index in [0.29, 0.717) is 0 Å². The Morgan fingerprint density at radius 3 is 2.75 bits per heavy atom. The lowest BCUT2D eigenvalue weighted by Gasteiger charge is -2.20. The van der Waals surface area contributed by atoms with Crippen molar-refractivity contribution in [2.75, 3.05) is 26.2 Å². The summed E-state index contributed by atoms with van der Waals surface area (Å²) in [5.74, 6) is -0.107. The van der Waals surface area contributed by atoms with Crippen LogP contribution in [0.25, 0.3) is 10.8 Å². The van der Waals surface area contributed by atoms with E-state index in [1.54, 1.807) is 6.07 Å². The maximum atomic E-state index is 13.3. The van der Waals surface area contributed by atoms with Crippen molar-refractivity contribution in [1.29, 1.82) is 0 Å². The van der Waals surface area contributed by atoms with Crippen LogP contribution >= 0.6 is 0 Å². The van der Waals surface area contributed by atoms with Crippen LogP contribution in [0.5, 0.6) is 0 Å². The number of nitrogens with one attached hydrogen (secondary N) is 2. The van der Waals surface area contributed by atoms with Gasteiger partial charge in [0.1, 0.15) is 5.82 Å². The maximum absolute atomic E-state index is 13.3. The molecular formula is C23H28FN3O. The van der Waals surface area contributed by atoms with E-state index in [1.165, 1.54) is 17.2 Å². The van der Waals surface area contributed by atoms with Crippen LogP contribution in [0.2, 0.25) is 0 Å². The molecule has 1 amide bonds. The van der Waals surface area contributed by atoms with E-state index in [9.17, 15) is 9.18 Å². The van der Waals surface area contributed by atoms with Crippen molar-refractivity contribution in [3.05, 3.63) is 58.9 Å². The van der Waals surface area contributed by atoms with Gasteiger partial charge in [-0.2, -0.15) is 0 Å². The van der Waals surface area contributed by atoms with E-state index < -0.39 is 0 Å². The number of amides is 1. The van der Waals surface area contributed by atoms with Crippen LogP contribution in [0.3, 0.4) is 0 Å². The van der Waals surface area contributed by atoms with Gasteiger partial charge in [0.05, 0.1) is 0 Å². The highest BCUT2D eigenvalue weighted by Gasteiger charge is 2.25. The van der Waals surface area contributed by atoms with Gasteiger partial charge in [-0.15, -0.1) is 0 Å². The molecule has 0 bridgehead atoms. The number of nitrogens with zero attached hydrogens (tertiary/aromatic N) is 1. The SMILES string of the molecule is CC(C(=O)N[C@@H]1CCN(Cc2ccc3cc(F)ccc3c2)C1)=C1CCNCC1. The second-order valence-corrected chi connectivity index (χ2v) is 8.00. The summed E-state index contributed by atoms with van der Waals surface area (Å²) in [6.07, 6.45) is 2.93. The van der Waals surface area contributed by atoms with Crippen LogP contribution in [0.15, 0.2) is 47.5 Å². The van der Waals surface area contributed by atoms with E-state index in [-0.39, 0.29) is 17.8 Å². The number of benzene rings is 2. The summed E-state index contributed by atoms with van der Waals surface area (Å²) in [5, 5.41) is 8.55. The summed E-state index contributed by atoms with van der Waals surface area (Å²) in [6.45, 7) is 6.60. The third kappa shape index (κ3) is 4.42. The van der Waals surface area contributed by atoms with E-state index in [1.807, 2.05) is 19.1 Å². The zero-order valence-corrected chi connectivity index (χ0v) is 16.4. The van der Waals surface area contributed by atoms with E-state index in [4.69, 9.17) is 0 Å². The molecule has 0 radical (unpaired) electrons. The van der Waals surface area contributed by atoms with Crippen LogP contribution < -0.4 is 10.6 Å². The minimum Gasteiger partial charge on any atom is -0.348 e. The fourth-order valence-corrected chi connectivity index (χ4v) is 4.27. The lowest BCUT2D eigenvalue weighted by molar-refractivity contribution is -0.118. The second-order valence-electron chi connectivity index (χ2n) is 8.00. The van der Waals surface area contributed by atoms with Gasteiger partial charge in [-0.3, -0.25) is 9.69 Å². The van der Waals surface area contributed by atoms with Gasteiger partial charge in [0.15, 0.2) is 0 Å². The number of carbonyl (C=O) groups excluding carboxylic acids is 1. The van der Waals surface area contributed by atoms with Gasteiger partial charge in [-0.1, -0.05) is 23.8 Å². The molecule has 2 aromatic carbocycles. The third-order valence-electron chi connectivity index (χ3n) is 5.96. The molecule has 2 N–H and O–H groups in total. The summed E-state index contributed by atoms with van der Waals surface area (Å²) in [7, 11) is 0.